The van der Waals surface area contributed by atoms with Gasteiger partial charge in [0.15, 0.2) is 5.76 Å². The predicted octanol–water partition coefficient (Wildman–Crippen LogP) is 5.28. The van der Waals surface area contributed by atoms with Gasteiger partial charge in [-0.1, -0.05) is 44.2 Å². The Morgan fingerprint density at radius 1 is 1.03 bits per heavy atom. The number of morpholine rings is 1. The van der Waals surface area contributed by atoms with Crippen molar-refractivity contribution in [2.24, 2.45) is 0 Å². The standard InChI is InChI=1S/C27H34N2O3/c1-17(2)21-6-8-22(9-7-21)23(29-10-12-31-13-11-29)16-28-27(30)26-20(5)25-19(4)14-18(3)15-24(25)32-26/h6-9,14-15,17,23H,10-13,16H2,1-5H3,(H,28,30)/t23-/m1/s1. The third kappa shape index (κ3) is 4.59. The maximum absolute atomic E-state index is 13.1. The van der Waals surface area contributed by atoms with E-state index in [1.807, 2.05) is 19.9 Å². The zero-order chi connectivity index (χ0) is 22.8. The molecule has 0 spiro atoms. The SMILES string of the molecule is Cc1cc(C)c2c(C)c(C(=O)NC[C@H](c3ccc(C(C)C)cc3)N3CCOCC3)oc2c1. The number of ether oxygens (including phenoxy) is 1. The fourth-order valence-corrected chi connectivity index (χ4v) is 4.73. The summed E-state index contributed by atoms with van der Waals surface area (Å²) in [5, 5.41) is 4.19. The summed E-state index contributed by atoms with van der Waals surface area (Å²) in [6.45, 7) is 14.1. The van der Waals surface area contributed by atoms with E-state index < -0.39 is 0 Å². The molecule has 4 rings (SSSR count). The van der Waals surface area contributed by atoms with Gasteiger partial charge in [0.25, 0.3) is 5.91 Å². The lowest BCUT2D eigenvalue weighted by Gasteiger charge is -2.35. The second-order valence-corrected chi connectivity index (χ2v) is 9.21. The quantitative estimate of drug-likeness (QED) is 0.573. The minimum atomic E-state index is -0.159. The summed E-state index contributed by atoms with van der Waals surface area (Å²) in [7, 11) is 0. The number of aryl methyl sites for hydroxylation is 3. The van der Waals surface area contributed by atoms with Gasteiger partial charge in [-0.25, -0.2) is 0 Å². The minimum absolute atomic E-state index is 0.0951. The van der Waals surface area contributed by atoms with Crippen LogP contribution in [0.25, 0.3) is 11.0 Å². The van der Waals surface area contributed by atoms with Gasteiger partial charge in [-0.15, -0.1) is 0 Å². The summed E-state index contributed by atoms with van der Waals surface area (Å²) in [6, 6.07) is 13.0. The number of carbonyl (C=O) groups excluding carboxylic acids is 1. The second-order valence-electron chi connectivity index (χ2n) is 9.21. The van der Waals surface area contributed by atoms with E-state index in [-0.39, 0.29) is 11.9 Å². The molecule has 1 aliphatic rings. The summed E-state index contributed by atoms with van der Waals surface area (Å²) < 4.78 is 11.6. The Balaban J connectivity index is 1.56. The lowest BCUT2D eigenvalue weighted by molar-refractivity contribution is 0.0161. The molecule has 170 valence electrons. The van der Waals surface area contributed by atoms with Crippen molar-refractivity contribution in [1.82, 2.24) is 10.2 Å². The molecule has 32 heavy (non-hydrogen) atoms. The molecule has 1 aromatic heterocycles. The first-order valence-corrected chi connectivity index (χ1v) is 11.6. The van der Waals surface area contributed by atoms with Gasteiger partial charge in [-0.3, -0.25) is 9.69 Å². The normalized spacial score (nSPS) is 15.9. The van der Waals surface area contributed by atoms with Gasteiger partial charge in [0.05, 0.1) is 19.3 Å². The predicted molar refractivity (Wildman–Crippen MR) is 128 cm³/mol. The Bertz CT molecular complexity index is 1090. The van der Waals surface area contributed by atoms with Gasteiger partial charge in [-0.2, -0.15) is 0 Å². The topological polar surface area (TPSA) is 54.7 Å². The maximum Gasteiger partial charge on any atom is 0.287 e. The van der Waals surface area contributed by atoms with Crippen molar-refractivity contribution in [2.75, 3.05) is 32.8 Å². The molecular weight excluding hydrogens is 400 g/mol. The highest BCUT2D eigenvalue weighted by atomic mass is 16.5. The van der Waals surface area contributed by atoms with Crippen LogP contribution < -0.4 is 5.32 Å². The number of benzene rings is 2. The molecule has 0 unspecified atom stereocenters. The largest absolute Gasteiger partial charge is 0.451 e. The van der Waals surface area contributed by atoms with Crippen molar-refractivity contribution >= 4 is 16.9 Å². The average molecular weight is 435 g/mol. The van der Waals surface area contributed by atoms with Gasteiger partial charge in [0, 0.05) is 30.6 Å². The van der Waals surface area contributed by atoms with Gasteiger partial charge < -0.3 is 14.5 Å². The molecule has 1 saturated heterocycles. The van der Waals surface area contributed by atoms with Crippen LogP contribution in [0.15, 0.2) is 40.8 Å². The number of carbonyl (C=O) groups is 1. The van der Waals surface area contributed by atoms with Crippen molar-refractivity contribution < 1.29 is 13.9 Å². The average Bonchev–Trinajstić information content (AvgIpc) is 3.11. The zero-order valence-corrected chi connectivity index (χ0v) is 19.8. The zero-order valence-electron chi connectivity index (χ0n) is 19.8. The van der Waals surface area contributed by atoms with Crippen molar-refractivity contribution in [3.63, 3.8) is 0 Å². The lowest BCUT2D eigenvalue weighted by atomic mass is 9.98. The third-order valence-electron chi connectivity index (χ3n) is 6.51. The second kappa shape index (κ2) is 9.47. The van der Waals surface area contributed by atoms with Crippen LogP contribution in [-0.4, -0.2) is 43.7 Å². The summed E-state index contributed by atoms with van der Waals surface area (Å²) in [5.41, 5.74) is 6.48. The third-order valence-corrected chi connectivity index (χ3v) is 6.51. The van der Waals surface area contributed by atoms with Crippen molar-refractivity contribution in [2.45, 2.75) is 46.6 Å². The lowest BCUT2D eigenvalue weighted by Crippen LogP contribution is -2.43. The van der Waals surface area contributed by atoms with Crippen molar-refractivity contribution in [3.8, 4) is 0 Å². The smallest absolute Gasteiger partial charge is 0.287 e. The van der Waals surface area contributed by atoms with Gasteiger partial charge in [0.2, 0.25) is 0 Å². The number of amides is 1. The van der Waals surface area contributed by atoms with E-state index in [1.54, 1.807) is 0 Å². The van der Waals surface area contributed by atoms with Crippen LogP contribution in [0.3, 0.4) is 0 Å². The van der Waals surface area contributed by atoms with E-state index in [1.165, 1.54) is 11.1 Å². The van der Waals surface area contributed by atoms with E-state index in [9.17, 15) is 4.79 Å². The molecule has 1 aliphatic heterocycles. The molecule has 2 aromatic carbocycles. The Kier molecular flexibility index (Phi) is 6.68. The fourth-order valence-electron chi connectivity index (χ4n) is 4.73. The molecule has 1 fully saturated rings. The molecule has 0 bridgehead atoms. The molecule has 1 atom stereocenters. The fraction of sp³-hybridized carbons (Fsp3) is 0.444. The summed E-state index contributed by atoms with van der Waals surface area (Å²) >= 11 is 0. The van der Waals surface area contributed by atoms with Crippen LogP contribution in [0.2, 0.25) is 0 Å². The summed E-state index contributed by atoms with van der Waals surface area (Å²) in [4.78, 5) is 15.5. The van der Waals surface area contributed by atoms with E-state index in [0.29, 0.717) is 18.2 Å². The molecular formula is C27H34N2O3. The number of nitrogens with one attached hydrogen (secondary N) is 1. The summed E-state index contributed by atoms with van der Waals surface area (Å²) in [5.74, 6) is 0.742. The van der Waals surface area contributed by atoms with E-state index in [4.69, 9.17) is 9.15 Å². The van der Waals surface area contributed by atoms with Crippen LogP contribution in [0.5, 0.6) is 0 Å². The molecule has 3 aromatic rings. The molecule has 5 nitrogen and oxygen atoms in total. The molecule has 0 radical (unpaired) electrons. The summed E-state index contributed by atoms with van der Waals surface area (Å²) in [6.07, 6.45) is 0. The van der Waals surface area contributed by atoms with Crippen LogP contribution >= 0.6 is 0 Å². The van der Waals surface area contributed by atoms with Crippen LogP contribution in [-0.2, 0) is 4.74 Å². The van der Waals surface area contributed by atoms with E-state index >= 15 is 0 Å². The Hall–Kier alpha value is -2.63. The van der Waals surface area contributed by atoms with Crippen LogP contribution in [0.1, 0.15) is 64.2 Å². The Morgan fingerprint density at radius 2 is 1.69 bits per heavy atom. The number of hydrogen-bond donors (Lipinski definition) is 1. The molecule has 2 heterocycles. The molecule has 0 saturated carbocycles. The van der Waals surface area contributed by atoms with E-state index in [0.717, 1.165) is 54.0 Å². The Labute approximate surface area is 190 Å². The monoisotopic (exact) mass is 434 g/mol. The van der Waals surface area contributed by atoms with Crippen molar-refractivity contribution in [1.29, 1.82) is 0 Å². The van der Waals surface area contributed by atoms with Crippen LogP contribution in [0, 0.1) is 20.8 Å². The molecule has 1 N–H and O–H groups in total. The number of furan rings is 1. The Morgan fingerprint density at radius 3 is 2.34 bits per heavy atom. The highest BCUT2D eigenvalue weighted by Crippen LogP contribution is 2.30. The number of nitrogens with zero attached hydrogens (tertiary/aromatic N) is 1. The van der Waals surface area contributed by atoms with Gasteiger partial charge in [-0.05, 0) is 55.0 Å². The maximum atomic E-state index is 13.1. The minimum Gasteiger partial charge on any atom is -0.451 e. The molecule has 5 heteroatoms. The number of hydrogen-bond acceptors (Lipinski definition) is 4. The molecule has 1 amide bonds. The first-order valence-electron chi connectivity index (χ1n) is 11.6. The number of rotatable bonds is 6. The van der Waals surface area contributed by atoms with Crippen LogP contribution in [0.4, 0.5) is 0 Å². The highest BCUT2D eigenvalue weighted by molar-refractivity contribution is 6.00. The molecule has 0 aliphatic carbocycles. The van der Waals surface area contributed by atoms with E-state index in [2.05, 4.69) is 61.3 Å². The van der Waals surface area contributed by atoms with Gasteiger partial charge in [0.1, 0.15) is 5.58 Å². The van der Waals surface area contributed by atoms with Gasteiger partial charge >= 0.3 is 0 Å². The van der Waals surface area contributed by atoms with Crippen molar-refractivity contribution in [3.05, 3.63) is 70.0 Å². The first kappa shape index (κ1) is 22.6. The number of fused-ring (bicyclic) bond motifs is 1. The first-order chi connectivity index (χ1) is 15.3. The highest BCUT2D eigenvalue weighted by Gasteiger charge is 2.25.